The van der Waals surface area contributed by atoms with Crippen molar-refractivity contribution in [3.63, 3.8) is 0 Å². The van der Waals surface area contributed by atoms with Crippen LogP contribution in [-0.2, 0) is 0 Å². The van der Waals surface area contributed by atoms with Gasteiger partial charge in [0.15, 0.2) is 11.6 Å². The molecule has 19 heavy (non-hydrogen) atoms. The summed E-state index contributed by atoms with van der Waals surface area (Å²) in [5, 5.41) is 3.83. The quantitative estimate of drug-likeness (QED) is 0.875. The Kier molecular flexibility index (Phi) is 4.40. The molecule has 0 heterocycles. The Morgan fingerprint density at radius 1 is 1.05 bits per heavy atom. The number of benzene rings is 2. The van der Waals surface area contributed by atoms with E-state index >= 15 is 0 Å². The van der Waals surface area contributed by atoms with Crippen LogP contribution in [0.1, 0.15) is 17.2 Å². The van der Waals surface area contributed by atoms with E-state index in [1.165, 1.54) is 6.07 Å². The first-order valence-electron chi connectivity index (χ1n) is 5.60. The minimum Gasteiger partial charge on any atom is -0.309 e. The van der Waals surface area contributed by atoms with Crippen molar-refractivity contribution in [3.05, 3.63) is 69.2 Å². The average Bonchev–Trinajstić information content (AvgIpc) is 2.39. The average molecular weight is 302 g/mol. The molecule has 1 unspecified atom stereocenters. The van der Waals surface area contributed by atoms with Gasteiger partial charge >= 0.3 is 0 Å². The lowest BCUT2D eigenvalue weighted by Gasteiger charge is -2.19. The second-order valence-corrected chi connectivity index (χ2v) is 4.82. The van der Waals surface area contributed by atoms with Gasteiger partial charge in [-0.05, 0) is 36.4 Å². The van der Waals surface area contributed by atoms with Crippen LogP contribution in [0.3, 0.4) is 0 Å². The summed E-state index contributed by atoms with van der Waals surface area (Å²) >= 11 is 12.1. The van der Waals surface area contributed by atoms with Gasteiger partial charge in [0.05, 0.1) is 16.1 Å². The fourth-order valence-corrected chi connectivity index (χ4v) is 2.35. The van der Waals surface area contributed by atoms with Gasteiger partial charge in [-0.25, -0.2) is 8.78 Å². The number of nitrogens with one attached hydrogen (secondary N) is 1. The number of rotatable bonds is 3. The lowest BCUT2D eigenvalue weighted by Crippen LogP contribution is -2.18. The Morgan fingerprint density at radius 2 is 1.79 bits per heavy atom. The van der Waals surface area contributed by atoms with Crippen molar-refractivity contribution in [2.24, 2.45) is 0 Å². The Labute approximate surface area is 120 Å². The summed E-state index contributed by atoms with van der Waals surface area (Å²) in [5.74, 6) is -1.77. The fraction of sp³-hybridized carbons (Fsp3) is 0.143. The van der Waals surface area contributed by atoms with Gasteiger partial charge in [-0.3, -0.25) is 0 Å². The minimum absolute atomic E-state index is 0.360. The molecule has 0 saturated carbocycles. The van der Waals surface area contributed by atoms with Crippen LogP contribution in [0, 0.1) is 11.6 Å². The van der Waals surface area contributed by atoms with Crippen molar-refractivity contribution in [3.8, 4) is 0 Å². The molecule has 0 spiro atoms. The Morgan fingerprint density at radius 3 is 2.42 bits per heavy atom. The molecule has 0 bridgehead atoms. The van der Waals surface area contributed by atoms with Crippen LogP contribution in [-0.4, -0.2) is 7.05 Å². The summed E-state index contributed by atoms with van der Waals surface area (Å²) < 4.78 is 26.3. The van der Waals surface area contributed by atoms with Gasteiger partial charge in [-0.1, -0.05) is 41.4 Å². The zero-order valence-electron chi connectivity index (χ0n) is 10.1. The molecule has 1 N–H and O–H groups in total. The Hall–Kier alpha value is -1.16. The molecule has 2 aromatic carbocycles. The highest BCUT2D eigenvalue weighted by molar-refractivity contribution is 6.42. The van der Waals surface area contributed by atoms with Crippen LogP contribution in [0.4, 0.5) is 8.78 Å². The standard InChI is InChI=1S/C14H11Cl2F2N/c1-19-14(8-5-6-11(17)12(18)7-8)9-3-2-4-10(15)13(9)16/h2-7,14,19H,1H3. The largest absolute Gasteiger partial charge is 0.309 e. The van der Waals surface area contributed by atoms with Gasteiger partial charge in [0, 0.05) is 0 Å². The highest BCUT2D eigenvalue weighted by atomic mass is 35.5. The molecule has 1 nitrogen and oxygen atoms in total. The molecule has 0 fully saturated rings. The molecular formula is C14H11Cl2F2N. The van der Waals surface area contributed by atoms with E-state index in [-0.39, 0.29) is 6.04 Å². The zero-order valence-corrected chi connectivity index (χ0v) is 11.6. The summed E-state index contributed by atoms with van der Waals surface area (Å²) in [6.07, 6.45) is 0. The lowest BCUT2D eigenvalue weighted by molar-refractivity contribution is 0.505. The summed E-state index contributed by atoms with van der Waals surface area (Å²) in [4.78, 5) is 0. The molecule has 0 amide bonds. The van der Waals surface area contributed by atoms with Crippen molar-refractivity contribution in [2.75, 3.05) is 7.05 Å². The number of hydrogen-bond acceptors (Lipinski definition) is 1. The molecule has 0 aliphatic carbocycles. The lowest BCUT2D eigenvalue weighted by atomic mass is 9.98. The van der Waals surface area contributed by atoms with Gasteiger partial charge in [0.25, 0.3) is 0 Å². The molecule has 0 aliphatic heterocycles. The normalized spacial score (nSPS) is 12.5. The first-order valence-corrected chi connectivity index (χ1v) is 6.36. The van der Waals surface area contributed by atoms with Gasteiger partial charge in [-0.2, -0.15) is 0 Å². The Balaban J connectivity index is 2.50. The number of hydrogen-bond donors (Lipinski definition) is 1. The van der Waals surface area contributed by atoms with Crippen LogP contribution in [0.2, 0.25) is 10.0 Å². The van der Waals surface area contributed by atoms with E-state index in [0.717, 1.165) is 12.1 Å². The first kappa shape index (κ1) is 14.3. The van der Waals surface area contributed by atoms with E-state index in [9.17, 15) is 8.78 Å². The second kappa shape index (κ2) is 5.87. The molecule has 100 valence electrons. The third-order valence-electron chi connectivity index (χ3n) is 2.86. The predicted molar refractivity (Wildman–Crippen MR) is 73.7 cm³/mol. The van der Waals surface area contributed by atoms with Crippen LogP contribution in [0.15, 0.2) is 36.4 Å². The maximum absolute atomic E-state index is 13.3. The minimum atomic E-state index is -0.893. The van der Waals surface area contributed by atoms with E-state index in [4.69, 9.17) is 23.2 Å². The van der Waals surface area contributed by atoms with Crippen molar-refractivity contribution < 1.29 is 8.78 Å². The fourth-order valence-electron chi connectivity index (χ4n) is 1.94. The maximum Gasteiger partial charge on any atom is 0.159 e. The van der Waals surface area contributed by atoms with Crippen molar-refractivity contribution in [1.82, 2.24) is 5.32 Å². The first-order chi connectivity index (χ1) is 9.04. The molecule has 2 rings (SSSR count). The summed E-state index contributed by atoms with van der Waals surface area (Å²) in [6.45, 7) is 0. The zero-order chi connectivity index (χ0) is 14.0. The van der Waals surface area contributed by atoms with Gasteiger partial charge in [0.1, 0.15) is 0 Å². The SMILES string of the molecule is CNC(c1ccc(F)c(F)c1)c1cccc(Cl)c1Cl. The highest BCUT2D eigenvalue weighted by Gasteiger charge is 2.18. The summed E-state index contributed by atoms with van der Waals surface area (Å²) in [7, 11) is 1.71. The van der Waals surface area contributed by atoms with Crippen molar-refractivity contribution >= 4 is 23.2 Å². The molecule has 0 radical (unpaired) electrons. The third-order valence-corrected chi connectivity index (χ3v) is 3.69. The van der Waals surface area contributed by atoms with Gasteiger partial charge < -0.3 is 5.32 Å². The van der Waals surface area contributed by atoms with E-state index in [2.05, 4.69) is 5.32 Å². The second-order valence-electron chi connectivity index (χ2n) is 4.04. The molecule has 5 heteroatoms. The van der Waals surface area contributed by atoms with Gasteiger partial charge in [-0.15, -0.1) is 0 Å². The summed E-state index contributed by atoms with van der Waals surface area (Å²) in [5.41, 5.74) is 1.29. The van der Waals surface area contributed by atoms with E-state index in [1.807, 2.05) is 0 Å². The Bertz CT molecular complexity index is 602. The van der Waals surface area contributed by atoms with Crippen LogP contribution >= 0.6 is 23.2 Å². The molecule has 1 atom stereocenters. The van der Waals surface area contributed by atoms with Crippen molar-refractivity contribution in [1.29, 1.82) is 0 Å². The molecule has 0 saturated heterocycles. The molecule has 2 aromatic rings. The third kappa shape index (κ3) is 2.89. The van der Waals surface area contributed by atoms with Crippen LogP contribution in [0.25, 0.3) is 0 Å². The molecule has 0 aromatic heterocycles. The molecule has 0 aliphatic rings. The van der Waals surface area contributed by atoms with E-state index in [0.29, 0.717) is 21.2 Å². The maximum atomic E-state index is 13.3. The smallest absolute Gasteiger partial charge is 0.159 e. The topological polar surface area (TPSA) is 12.0 Å². The number of halogens is 4. The van der Waals surface area contributed by atoms with E-state index in [1.54, 1.807) is 25.2 Å². The van der Waals surface area contributed by atoms with Crippen LogP contribution in [0.5, 0.6) is 0 Å². The van der Waals surface area contributed by atoms with Crippen molar-refractivity contribution in [2.45, 2.75) is 6.04 Å². The summed E-state index contributed by atoms with van der Waals surface area (Å²) in [6, 6.07) is 8.61. The van der Waals surface area contributed by atoms with Crippen LogP contribution < -0.4 is 5.32 Å². The van der Waals surface area contributed by atoms with Gasteiger partial charge in [0.2, 0.25) is 0 Å². The molecular weight excluding hydrogens is 291 g/mol. The predicted octanol–water partition coefficient (Wildman–Crippen LogP) is 4.58. The monoisotopic (exact) mass is 301 g/mol. The van der Waals surface area contributed by atoms with E-state index < -0.39 is 11.6 Å². The highest BCUT2D eigenvalue weighted by Crippen LogP contribution is 2.33.